The number of carbonyl (C=O) groups is 1. The van der Waals surface area contributed by atoms with Crippen molar-refractivity contribution in [3.05, 3.63) is 39.0 Å². The van der Waals surface area contributed by atoms with Crippen molar-refractivity contribution in [2.45, 2.75) is 12.5 Å². The van der Waals surface area contributed by atoms with Gasteiger partial charge in [-0.25, -0.2) is 9.78 Å². The van der Waals surface area contributed by atoms with Gasteiger partial charge in [0, 0.05) is 29.0 Å². The number of nitrogens with one attached hydrogen (secondary N) is 1. The smallest absolute Gasteiger partial charge is 0.407 e. The Morgan fingerprint density at radius 2 is 2.30 bits per heavy atom. The number of hydrogen-bond donors (Lipinski definition) is 2. The standard InChI is InChI=1S/C14H13BrN4O4/c15-8-1-2-11-10(5-8)13(12(6-16-11)19(22)23)17-9-3-4-18(7-9)14(20)21/h1-2,5-6,9H,3-4,7H2,(H,16,17)(H,20,21)/t9-/m0/s1. The van der Waals surface area contributed by atoms with Crippen LogP contribution in [0.2, 0.25) is 0 Å². The summed E-state index contributed by atoms with van der Waals surface area (Å²) in [4.78, 5) is 27.2. The molecule has 3 rings (SSSR count). The van der Waals surface area contributed by atoms with Crippen molar-refractivity contribution < 1.29 is 14.8 Å². The summed E-state index contributed by atoms with van der Waals surface area (Å²) in [6.45, 7) is 0.706. The molecule has 2 N–H and O–H groups in total. The van der Waals surface area contributed by atoms with Gasteiger partial charge < -0.3 is 15.3 Å². The Bertz CT molecular complexity index is 798. The number of fused-ring (bicyclic) bond motifs is 1. The summed E-state index contributed by atoms with van der Waals surface area (Å²) in [7, 11) is 0. The molecule has 0 aliphatic carbocycles. The van der Waals surface area contributed by atoms with Crippen LogP contribution in [0.3, 0.4) is 0 Å². The van der Waals surface area contributed by atoms with Gasteiger partial charge in [0.2, 0.25) is 0 Å². The Kier molecular flexibility index (Phi) is 4.03. The number of rotatable bonds is 3. The summed E-state index contributed by atoms with van der Waals surface area (Å²) in [6.07, 6.45) is 0.843. The Balaban J connectivity index is 2.01. The minimum Gasteiger partial charge on any atom is -0.465 e. The molecule has 2 heterocycles. The van der Waals surface area contributed by atoms with Crippen molar-refractivity contribution in [2.24, 2.45) is 0 Å². The lowest BCUT2D eigenvalue weighted by Crippen LogP contribution is -2.30. The molecule has 0 bridgehead atoms. The molecule has 0 unspecified atom stereocenters. The zero-order valence-corrected chi connectivity index (χ0v) is 13.5. The van der Waals surface area contributed by atoms with E-state index in [1.807, 2.05) is 6.07 Å². The highest BCUT2D eigenvalue weighted by atomic mass is 79.9. The number of hydrogen-bond acceptors (Lipinski definition) is 5. The predicted molar refractivity (Wildman–Crippen MR) is 87.7 cm³/mol. The summed E-state index contributed by atoms with van der Waals surface area (Å²) < 4.78 is 0.786. The third-order valence-electron chi connectivity index (χ3n) is 3.81. The highest BCUT2D eigenvalue weighted by Crippen LogP contribution is 2.34. The Hall–Kier alpha value is -2.42. The maximum Gasteiger partial charge on any atom is 0.407 e. The summed E-state index contributed by atoms with van der Waals surface area (Å²) >= 11 is 3.36. The van der Waals surface area contributed by atoms with Crippen LogP contribution in [0.25, 0.3) is 10.9 Å². The van der Waals surface area contributed by atoms with Gasteiger partial charge in [-0.05, 0) is 24.6 Å². The third kappa shape index (κ3) is 3.04. The number of anilines is 1. The van der Waals surface area contributed by atoms with Crippen molar-refractivity contribution in [3.63, 3.8) is 0 Å². The Morgan fingerprint density at radius 3 is 2.96 bits per heavy atom. The lowest BCUT2D eigenvalue weighted by molar-refractivity contribution is -0.384. The van der Waals surface area contributed by atoms with E-state index in [-0.39, 0.29) is 11.7 Å². The van der Waals surface area contributed by atoms with Gasteiger partial charge in [-0.1, -0.05) is 15.9 Å². The van der Waals surface area contributed by atoms with Gasteiger partial charge in [-0.15, -0.1) is 0 Å². The normalized spacial score (nSPS) is 17.4. The third-order valence-corrected chi connectivity index (χ3v) is 4.31. The van der Waals surface area contributed by atoms with Crippen LogP contribution in [-0.4, -0.2) is 45.1 Å². The van der Waals surface area contributed by atoms with E-state index in [9.17, 15) is 14.9 Å². The maximum atomic E-state index is 11.3. The second-order valence-corrected chi connectivity index (χ2v) is 6.21. The number of pyridine rings is 1. The van der Waals surface area contributed by atoms with Gasteiger partial charge in [-0.2, -0.15) is 0 Å². The van der Waals surface area contributed by atoms with Crippen molar-refractivity contribution >= 4 is 44.3 Å². The van der Waals surface area contributed by atoms with E-state index in [1.54, 1.807) is 12.1 Å². The maximum absolute atomic E-state index is 11.3. The summed E-state index contributed by atoms with van der Waals surface area (Å²) in [5, 5.41) is 24.1. The van der Waals surface area contributed by atoms with Crippen LogP contribution in [0.1, 0.15) is 6.42 Å². The van der Waals surface area contributed by atoms with E-state index in [0.29, 0.717) is 36.1 Å². The fraction of sp³-hybridized carbons (Fsp3) is 0.286. The molecule has 1 aromatic carbocycles. The van der Waals surface area contributed by atoms with Gasteiger partial charge in [0.15, 0.2) is 0 Å². The number of amides is 1. The molecule has 1 aliphatic rings. The predicted octanol–water partition coefficient (Wildman–Crippen LogP) is 3.07. The van der Waals surface area contributed by atoms with Crippen LogP contribution in [-0.2, 0) is 0 Å². The number of carboxylic acid groups (broad SMARTS) is 1. The molecule has 120 valence electrons. The molecule has 8 nitrogen and oxygen atoms in total. The van der Waals surface area contributed by atoms with E-state index in [0.717, 1.165) is 4.47 Å². The molecule has 9 heteroatoms. The van der Waals surface area contributed by atoms with Crippen molar-refractivity contribution in [2.75, 3.05) is 18.4 Å². The largest absolute Gasteiger partial charge is 0.465 e. The lowest BCUT2D eigenvalue weighted by Gasteiger charge is -2.16. The van der Waals surface area contributed by atoms with Crippen molar-refractivity contribution in [1.82, 2.24) is 9.88 Å². The monoisotopic (exact) mass is 380 g/mol. The molecule has 0 radical (unpaired) electrons. The van der Waals surface area contributed by atoms with Gasteiger partial charge >= 0.3 is 11.8 Å². The molecule has 0 spiro atoms. The van der Waals surface area contributed by atoms with Crippen LogP contribution in [0.4, 0.5) is 16.2 Å². The number of likely N-dealkylation sites (tertiary alicyclic amines) is 1. The highest BCUT2D eigenvalue weighted by Gasteiger charge is 2.28. The number of nitrogens with zero attached hydrogens (tertiary/aromatic N) is 3. The first-order chi connectivity index (χ1) is 11.0. The first kappa shape index (κ1) is 15.5. The van der Waals surface area contributed by atoms with Crippen molar-refractivity contribution in [3.8, 4) is 0 Å². The Morgan fingerprint density at radius 1 is 1.52 bits per heavy atom. The van der Waals surface area contributed by atoms with Crippen LogP contribution >= 0.6 is 15.9 Å². The van der Waals surface area contributed by atoms with Crippen LogP contribution in [0.5, 0.6) is 0 Å². The summed E-state index contributed by atoms with van der Waals surface area (Å²) in [6, 6.07) is 5.18. The first-order valence-electron chi connectivity index (χ1n) is 6.93. The number of nitro groups is 1. The molecule has 1 atom stereocenters. The van der Waals surface area contributed by atoms with Crippen LogP contribution in [0.15, 0.2) is 28.9 Å². The molecular weight excluding hydrogens is 368 g/mol. The molecule has 1 aromatic heterocycles. The van der Waals surface area contributed by atoms with E-state index in [1.165, 1.54) is 11.1 Å². The van der Waals surface area contributed by atoms with Gasteiger partial charge in [0.05, 0.1) is 10.4 Å². The fourth-order valence-electron chi connectivity index (χ4n) is 2.70. The van der Waals surface area contributed by atoms with Gasteiger partial charge in [0.1, 0.15) is 11.9 Å². The fourth-order valence-corrected chi connectivity index (χ4v) is 3.06. The summed E-state index contributed by atoms with van der Waals surface area (Å²) in [5.41, 5.74) is 0.886. The number of halogens is 1. The average molecular weight is 381 g/mol. The zero-order chi connectivity index (χ0) is 16.6. The minimum atomic E-state index is -0.980. The van der Waals surface area contributed by atoms with Gasteiger partial charge in [-0.3, -0.25) is 10.1 Å². The molecule has 1 aliphatic heterocycles. The summed E-state index contributed by atoms with van der Waals surface area (Å²) in [5.74, 6) is 0. The molecule has 0 saturated carbocycles. The highest BCUT2D eigenvalue weighted by molar-refractivity contribution is 9.10. The van der Waals surface area contributed by atoms with E-state index in [2.05, 4.69) is 26.2 Å². The molecule has 1 saturated heterocycles. The Labute approximate surface area is 139 Å². The van der Waals surface area contributed by atoms with E-state index >= 15 is 0 Å². The molecule has 23 heavy (non-hydrogen) atoms. The molecular formula is C14H13BrN4O4. The number of aromatic nitrogens is 1. The second kappa shape index (κ2) is 5.99. The zero-order valence-electron chi connectivity index (χ0n) is 11.9. The van der Waals surface area contributed by atoms with E-state index < -0.39 is 11.0 Å². The van der Waals surface area contributed by atoms with Crippen LogP contribution in [0, 0.1) is 10.1 Å². The SMILES string of the molecule is O=C(O)N1CC[C@H](Nc2c([N+](=O)[O-])cnc3ccc(Br)cc23)C1. The van der Waals surface area contributed by atoms with E-state index in [4.69, 9.17) is 5.11 Å². The first-order valence-corrected chi connectivity index (χ1v) is 7.72. The second-order valence-electron chi connectivity index (χ2n) is 5.30. The minimum absolute atomic E-state index is 0.121. The van der Waals surface area contributed by atoms with Gasteiger partial charge in [0.25, 0.3) is 0 Å². The lowest BCUT2D eigenvalue weighted by atomic mass is 10.1. The number of benzene rings is 1. The van der Waals surface area contributed by atoms with Crippen LogP contribution < -0.4 is 5.32 Å². The molecule has 2 aromatic rings. The quantitative estimate of drug-likeness (QED) is 0.625. The average Bonchev–Trinajstić information content (AvgIpc) is 2.96. The molecule has 1 amide bonds. The van der Waals surface area contributed by atoms with Crippen molar-refractivity contribution in [1.29, 1.82) is 0 Å². The molecule has 1 fully saturated rings. The topological polar surface area (TPSA) is 109 Å².